The average Bonchev–Trinajstić information content (AvgIpc) is 3.62. The van der Waals surface area contributed by atoms with Crippen LogP contribution in [0.4, 0.5) is 17.1 Å². The number of para-hydroxylation sites is 1. The summed E-state index contributed by atoms with van der Waals surface area (Å²) in [5, 5.41) is 11.0. The van der Waals surface area contributed by atoms with E-state index in [-0.39, 0.29) is 0 Å². The van der Waals surface area contributed by atoms with Gasteiger partial charge in [-0.05, 0) is 80.5 Å². The van der Waals surface area contributed by atoms with Crippen molar-refractivity contribution in [1.82, 2.24) is 9.97 Å². The molecule has 0 saturated carbocycles. The summed E-state index contributed by atoms with van der Waals surface area (Å²) in [6.45, 7) is 0. The fraction of sp³-hybridized carbons (Fsp3) is 0.0196. The summed E-state index contributed by atoms with van der Waals surface area (Å²) in [7, 11) is 0. The van der Waals surface area contributed by atoms with E-state index in [1.54, 1.807) is 0 Å². The van der Waals surface area contributed by atoms with Gasteiger partial charge in [-0.2, -0.15) is 0 Å². The summed E-state index contributed by atoms with van der Waals surface area (Å²) in [6, 6.07) is 64.0. The van der Waals surface area contributed by atoms with Crippen molar-refractivity contribution < 1.29 is 0 Å². The van der Waals surface area contributed by atoms with Crippen LogP contribution in [0.3, 0.4) is 0 Å². The molecular weight excluding hydrogens is 687 g/mol. The van der Waals surface area contributed by atoms with E-state index in [4.69, 9.17) is 9.97 Å². The van der Waals surface area contributed by atoms with Gasteiger partial charge in [0.2, 0.25) is 0 Å². The van der Waals surface area contributed by atoms with E-state index in [1.807, 2.05) is 11.3 Å². The van der Waals surface area contributed by atoms with Gasteiger partial charge in [0, 0.05) is 48.5 Å². The summed E-state index contributed by atoms with van der Waals surface area (Å²) in [5.41, 5.74) is 10.3. The van der Waals surface area contributed by atoms with Crippen LogP contribution in [-0.2, 0) is 6.42 Å². The Morgan fingerprint density at radius 1 is 0.436 bits per heavy atom. The highest BCUT2D eigenvalue weighted by molar-refractivity contribution is 7.25. The molecule has 0 atom stereocenters. The highest BCUT2D eigenvalue weighted by Gasteiger charge is 2.29. The van der Waals surface area contributed by atoms with Crippen LogP contribution in [0.25, 0.3) is 85.8 Å². The monoisotopic (exact) mass is 717 g/mol. The fourth-order valence-corrected chi connectivity index (χ4v) is 10.1. The lowest BCUT2D eigenvalue weighted by Crippen LogP contribution is -2.17. The molecule has 12 rings (SSSR count). The lowest BCUT2D eigenvalue weighted by molar-refractivity contribution is 0.994. The Hall–Kier alpha value is -6.88. The molecule has 1 aliphatic rings. The first-order chi connectivity index (χ1) is 27.3. The first-order valence-corrected chi connectivity index (χ1v) is 19.6. The maximum atomic E-state index is 5.50. The van der Waals surface area contributed by atoms with Gasteiger partial charge >= 0.3 is 0 Å². The van der Waals surface area contributed by atoms with Crippen LogP contribution in [-0.4, -0.2) is 9.97 Å². The minimum Gasteiger partial charge on any atom is -0.309 e. The average molecular weight is 718 g/mol. The zero-order valence-electron chi connectivity index (χ0n) is 29.7. The number of aromatic nitrogens is 2. The van der Waals surface area contributed by atoms with Gasteiger partial charge in [0.15, 0.2) is 0 Å². The van der Waals surface area contributed by atoms with Crippen molar-refractivity contribution in [3.05, 3.63) is 187 Å². The van der Waals surface area contributed by atoms with Crippen molar-refractivity contribution in [1.29, 1.82) is 0 Å². The van der Waals surface area contributed by atoms with E-state index in [9.17, 15) is 0 Å². The van der Waals surface area contributed by atoms with Crippen molar-refractivity contribution in [2.75, 3.05) is 4.90 Å². The molecule has 0 N–H and O–H groups in total. The molecule has 0 spiro atoms. The SMILES string of the molecule is c1ccc2cc(N3c4ccc5ccccc5c4-c4cccc5cccc3c45)c(Cc3nc(-c4cccc5sc6ccccc6c45)c4ccccc4n3)cc2c1. The molecule has 3 nitrogen and oxygen atoms in total. The van der Waals surface area contributed by atoms with Crippen LogP contribution in [0.5, 0.6) is 0 Å². The maximum absolute atomic E-state index is 5.50. The number of thiophene rings is 1. The second-order valence-electron chi connectivity index (χ2n) is 14.5. The molecular formula is C51H31N3S. The number of hydrogen-bond donors (Lipinski definition) is 0. The Morgan fingerprint density at radius 3 is 2.00 bits per heavy atom. The van der Waals surface area contributed by atoms with Crippen LogP contribution < -0.4 is 4.90 Å². The minimum atomic E-state index is 0.565. The Balaban J connectivity index is 1.12. The van der Waals surface area contributed by atoms with Gasteiger partial charge in [-0.1, -0.05) is 133 Å². The predicted molar refractivity (Wildman–Crippen MR) is 233 cm³/mol. The molecule has 4 heteroatoms. The molecule has 55 heavy (non-hydrogen) atoms. The lowest BCUT2D eigenvalue weighted by atomic mass is 9.87. The number of nitrogens with zero attached hydrogens (tertiary/aromatic N) is 3. The van der Waals surface area contributed by atoms with E-state index in [2.05, 4.69) is 181 Å². The van der Waals surface area contributed by atoms with Crippen molar-refractivity contribution in [3.8, 4) is 22.4 Å². The largest absolute Gasteiger partial charge is 0.309 e. The Bertz CT molecular complexity index is 3370. The summed E-state index contributed by atoms with van der Waals surface area (Å²) >= 11 is 1.84. The van der Waals surface area contributed by atoms with E-state index in [0.717, 1.165) is 33.7 Å². The van der Waals surface area contributed by atoms with Gasteiger partial charge in [0.1, 0.15) is 5.82 Å². The van der Waals surface area contributed by atoms with E-state index >= 15 is 0 Å². The zero-order valence-corrected chi connectivity index (χ0v) is 30.5. The second kappa shape index (κ2) is 11.8. The summed E-state index contributed by atoms with van der Waals surface area (Å²) in [4.78, 5) is 13.3. The molecule has 0 radical (unpaired) electrons. The van der Waals surface area contributed by atoms with Crippen molar-refractivity contribution >= 4 is 91.8 Å². The van der Waals surface area contributed by atoms with E-state index in [0.29, 0.717) is 6.42 Å². The highest BCUT2D eigenvalue weighted by atomic mass is 32.1. The number of benzene rings is 9. The van der Waals surface area contributed by atoms with Crippen LogP contribution in [0.2, 0.25) is 0 Å². The number of anilines is 3. The quantitative estimate of drug-likeness (QED) is 0.181. The zero-order chi connectivity index (χ0) is 36.0. The molecule has 3 heterocycles. The molecule has 2 aromatic heterocycles. The molecule has 0 fully saturated rings. The van der Waals surface area contributed by atoms with Gasteiger partial charge in [0.05, 0.1) is 28.3 Å². The Labute approximate surface area is 321 Å². The number of rotatable bonds is 4. The predicted octanol–water partition coefficient (Wildman–Crippen LogP) is 14.2. The van der Waals surface area contributed by atoms with Gasteiger partial charge in [-0.25, -0.2) is 9.97 Å². The molecule has 0 bridgehead atoms. The summed E-state index contributed by atoms with van der Waals surface area (Å²) < 4.78 is 2.56. The third-order valence-corrected chi connectivity index (χ3v) is 12.5. The van der Waals surface area contributed by atoms with Gasteiger partial charge in [-0.3, -0.25) is 0 Å². The molecule has 0 amide bonds. The fourth-order valence-electron chi connectivity index (χ4n) is 9.01. The molecule has 1 aliphatic heterocycles. The van der Waals surface area contributed by atoms with Crippen LogP contribution >= 0.6 is 11.3 Å². The first kappa shape index (κ1) is 30.6. The summed E-state index contributed by atoms with van der Waals surface area (Å²) in [5.74, 6) is 0.802. The summed E-state index contributed by atoms with van der Waals surface area (Å²) in [6.07, 6.45) is 0.565. The topological polar surface area (TPSA) is 29.0 Å². The van der Waals surface area contributed by atoms with Crippen LogP contribution in [0.1, 0.15) is 11.4 Å². The third-order valence-electron chi connectivity index (χ3n) is 11.4. The molecule has 256 valence electrons. The number of fused-ring (bicyclic) bond motifs is 9. The molecule has 0 aliphatic carbocycles. The van der Waals surface area contributed by atoms with Crippen molar-refractivity contribution in [2.45, 2.75) is 6.42 Å². The van der Waals surface area contributed by atoms with Crippen LogP contribution in [0, 0.1) is 0 Å². The van der Waals surface area contributed by atoms with E-state index < -0.39 is 0 Å². The molecule has 0 unspecified atom stereocenters. The Morgan fingerprint density at radius 2 is 1.11 bits per heavy atom. The molecule has 0 saturated heterocycles. The smallest absolute Gasteiger partial charge is 0.134 e. The van der Waals surface area contributed by atoms with Gasteiger partial charge in [0.25, 0.3) is 0 Å². The van der Waals surface area contributed by atoms with Gasteiger partial charge < -0.3 is 4.90 Å². The first-order valence-electron chi connectivity index (χ1n) is 18.8. The highest BCUT2D eigenvalue weighted by Crippen LogP contribution is 2.54. The molecule has 9 aromatic carbocycles. The third kappa shape index (κ3) is 4.62. The maximum Gasteiger partial charge on any atom is 0.134 e. The van der Waals surface area contributed by atoms with Gasteiger partial charge in [-0.15, -0.1) is 11.3 Å². The normalized spacial score (nSPS) is 12.4. The standard InChI is InChI=1S/C51H31N3S/c1-2-14-34-29-44(54-42-23-10-16-32-15-9-20-39(48(32)42)49-36-17-4-3-12-31(36)26-27-43(49)54)35(28-33(34)13-1)30-47-52-41-22-7-5-18-37(41)51(53-47)40-21-11-25-46-50(40)38-19-6-8-24-45(38)55-46/h1-29H,30H2. The van der Waals surface area contributed by atoms with Crippen molar-refractivity contribution in [2.24, 2.45) is 0 Å². The van der Waals surface area contributed by atoms with Crippen LogP contribution in [0.15, 0.2) is 176 Å². The lowest BCUT2D eigenvalue weighted by Gasteiger charge is -2.35. The van der Waals surface area contributed by atoms with E-state index in [1.165, 1.54) is 80.6 Å². The van der Waals surface area contributed by atoms with Crippen molar-refractivity contribution in [3.63, 3.8) is 0 Å². The second-order valence-corrected chi connectivity index (χ2v) is 15.6. The Kier molecular flexibility index (Phi) is 6.56. The molecule has 11 aromatic rings. The minimum absolute atomic E-state index is 0.565. The number of hydrogen-bond acceptors (Lipinski definition) is 4.